The van der Waals surface area contributed by atoms with E-state index in [1.807, 2.05) is 6.92 Å². The van der Waals surface area contributed by atoms with E-state index < -0.39 is 0 Å². The molecule has 0 aromatic heterocycles. The van der Waals surface area contributed by atoms with E-state index in [9.17, 15) is 4.79 Å². The molecule has 2 aliphatic rings. The Morgan fingerprint density at radius 1 is 1.30 bits per heavy atom. The molecule has 2 aliphatic carbocycles. The number of benzene rings is 1. The predicted octanol–water partition coefficient (Wildman–Crippen LogP) is 3.83. The van der Waals surface area contributed by atoms with Crippen LogP contribution >= 0.6 is 0 Å². The molecule has 3 rings (SSSR count). The van der Waals surface area contributed by atoms with Crippen LogP contribution in [0.2, 0.25) is 0 Å². The third-order valence-electron chi connectivity index (χ3n) is 4.94. The molecule has 1 aromatic carbocycles. The summed E-state index contributed by atoms with van der Waals surface area (Å²) in [4.78, 5) is 14.3. The molecule has 1 aromatic rings. The van der Waals surface area contributed by atoms with Gasteiger partial charge in [-0.2, -0.15) is 0 Å². The predicted molar refractivity (Wildman–Crippen MR) is 81.5 cm³/mol. The smallest absolute Gasteiger partial charge is 0.222 e. The number of carbonyl (C=O) groups excluding carboxylic acids is 1. The topological polar surface area (TPSA) is 20.3 Å². The molecule has 0 radical (unpaired) electrons. The van der Waals surface area contributed by atoms with E-state index >= 15 is 0 Å². The molecule has 0 N–H and O–H groups in total. The Morgan fingerprint density at radius 3 is 2.60 bits per heavy atom. The minimum absolute atomic E-state index is 0.293. The maximum Gasteiger partial charge on any atom is 0.222 e. The fourth-order valence-electron chi connectivity index (χ4n) is 3.31. The van der Waals surface area contributed by atoms with Crippen molar-refractivity contribution < 1.29 is 4.79 Å². The van der Waals surface area contributed by atoms with Gasteiger partial charge >= 0.3 is 0 Å². The van der Waals surface area contributed by atoms with Crippen LogP contribution in [0, 0.1) is 11.3 Å². The van der Waals surface area contributed by atoms with Crippen molar-refractivity contribution in [3.8, 4) is 0 Å². The van der Waals surface area contributed by atoms with Gasteiger partial charge in [0.05, 0.1) is 0 Å². The Morgan fingerprint density at radius 2 is 2.00 bits per heavy atom. The van der Waals surface area contributed by atoms with Crippen molar-refractivity contribution in [2.75, 3.05) is 13.1 Å². The van der Waals surface area contributed by atoms with Crippen LogP contribution in [0.1, 0.15) is 51.0 Å². The highest BCUT2D eigenvalue weighted by molar-refractivity contribution is 5.76. The quantitative estimate of drug-likeness (QED) is 0.770. The Kier molecular flexibility index (Phi) is 3.57. The molecule has 2 heteroatoms. The minimum atomic E-state index is 0.293. The molecule has 2 nitrogen and oxygen atoms in total. The highest BCUT2D eigenvalue weighted by atomic mass is 16.2. The summed E-state index contributed by atoms with van der Waals surface area (Å²) in [6.45, 7) is 6.25. The summed E-state index contributed by atoms with van der Waals surface area (Å²) in [5, 5.41) is 0. The monoisotopic (exact) mass is 271 g/mol. The Balaban J connectivity index is 1.65. The molecule has 0 saturated heterocycles. The lowest BCUT2D eigenvalue weighted by Crippen LogP contribution is -2.37. The van der Waals surface area contributed by atoms with Gasteiger partial charge < -0.3 is 4.90 Å². The second-order valence-corrected chi connectivity index (χ2v) is 6.89. The first-order chi connectivity index (χ1) is 9.62. The molecule has 1 amide bonds. The molecule has 0 spiro atoms. The number of amides is 1. The molecular formula is C18H25NO. The summed E-state index contributed by atoms with van der Waals surface area (Å²) in [6.07, 6.45) is 4.48. The zero-order valence-electron chi connectivity index (χ0n) is 12.6. The second-order valence-electron chi connectivity index (χ2n) is 6.89. The van der Waals surface area contributed by atoms with Gasteiger partial charge in [0, 0.05) is 19.5 Å². The van der Waals surface area contributed by atoms with Crippen molar-refractivity contribution in [1.29, 1.82) is 0 Å². The maximum atomic E-state index is 12.1. The molecule has 20 heavy (non-hydrogen) atoms. The van der Waals surface area contributed by atoms with Gasteiger partial charge in [0.15, 0.2) is 0 Å². The van der Waals surface area contributed by atoms with Crippen LogP contribution in [0.4, 0.5) is 0 Å². The summed E-state index contributed by atoms with van der Waals surface area (Å²) >= 11 is 0. The van der Waals surface area contributed by atoms with Gasteiger partial charge in [0.25, 0.3) is 0 Å². The first kappa shape index (κ1) is 13.7. The van der Waals surface area contributed by atoms with Gasteiger partial charge in [-0.3, -0.25) is 4.79 Å². The van der Waals surface area contributed by atoms with Crippen molar-refractivity contribution in [3.63, 3.8) is 0 Å². The first-order valence-corrected chi connectivity index (χ1v) is 7.95. The third-order valence-corrected chi connectivity index (χ3v) is 4.94. The molecule has 0 aliphatic heterocycles. The van der Waals surface area contributed by atoms with E-state index in [4.69, 9.17) is 0 Å². The van der Waals surface area contributed by atoms with Gasteiger partial charge in [-0.15, -0.1) is 0 Å². The van der Waals surface area contributed by atoms with Crippen molar-refractivity contribution in [3.05, 3.63) is 35.9 Å². The SMILES string of the molecule is CCC(=O)N(CC1CC1)CC1(C)CC1c1ccccc1. The van der Waals surface area contributed by atoms with Crippen molar-refractivity contribution in [2.45, 2.75) is 45.4 Å². The zero-order valence-corrected chi connectivity index (χ0v) is 12.6. The summed E-state index contributed by atoms with van der Waals surface area (Å²) < 4.78 is 0. The molecule has 2 unspecified atom stereocenters. The molecule has 0 heterocycles. The van der Waals surface area contributed by atoms with Gasteiger partial charge in [0.1, 0.15) is 0 Å². The largest absolute Gasteiger partial charge is 0.342 e. The van der Waals surface area contributed by atoms with Crippen molar-refractivity contribution >= 4 is 5.91 Å². The molecule has 2 saturated carbocycles. The van der Waals surface area contributed by atoms with E-state index in [0.29, 0.717) is 23.7 Å². The fourth-order valence-corrected chi connectivity index (χ4v) is 3.31. The lowest BCUT2D eigenvalue weighted by Gasteiger charge is -2.26. The lowest BCUT2D eigenvalue weighted by molar-refractivity contribution is -0.131. The van der Waals surface area contributed by atoms with Crippen LogP contribution in [0.25, 0.3) is 0 Å². The van der Waals surface area contributed by atoms with Crippen LogP contribution in [0.15, 0.2) is 30.3 Å². The van der Waals surface area contributed by atoms with E-state index in [2.05, 4.69) is 42.2 Å². The van der Waals surface area contributed by atoms with Crippen LogP contribution in [-0.4, -0.2) is 23.9 Å². The minimum Gasteiger partial charge on any atom is -0.342 e. The molecular weight excluding hydrogens is 246 g/mol. The van der Waals surface area contributed by atoms with Crippen LogP contribution in [0.3, 0.4) is 0 Å². The third kappa shape index (κ3) is 2.89. The number of rotatable bonds is 6. The van der Waals surface area contributed by atoms with E-state index in [1.54, 1.807) is 0 Å². The fraction of sp³-hybridized carbons (Fsp3) is 0.611. The van der Waals surface area contributed by atoms with E-state index in [0.717, 1.165) is 19.0 Å². The van der Waals surface area contributed by atoms with Gasteiger partial charge in [0.2, 0.25) is 5.91 Å². The van der Waals surface area contributed by atoms with Crippen molar-refractivity contribution in [1.82, 2.24) is 4.90 Å². The summed E-state index contributed by atoms with van der Waals surface area (Å²) in [7, 11) is 0. The Labute approximate surface area is 122 Å². The second kappa shape index (κ2) is 5.23. The first-order valence-electron chi connectivity index (χ1n) is 7.95. The average molecular weight is 271 g/mol. The number of hydrogen-bond donors (Lipinski definition) is 0. The Hall–Kier alpha value is -1.31. The zero-order chi connectivity index (χ0) is 14.2. The highest BCUT2D eigenvalue weighted by Gasteiger charge is 2.52. The lowest BCUT2D eigenvalue weighted by atomic mass is 10.00. The molecule has 0 bridgehead atoms. The van der Waals surface area contributed by atoms with Crippen LogP contribution in [0.5, 0.6) is 0 Å². The number of carbonyl (C=O) groups is 1. The van der Waals surface area contributed by atoms with Gasteiger partial charge in [-0.1, -0.05) is 44.2 Å². The van der Waals surface area contributed by atoms with Crippen molar-refractivity contribution in [2.24, 2.45) is 11.3 Å². The Bertz CT molecular complexity index is 479. The average Bonchev–Trinajstić information content (AvgIpc) is 3.37. The summed E-state index contributed by atoms with van der Waals surface area (Å²) in [5.41, 5.74) is 1.73. The van der Waals surface area contributed by atoms with Crippen LogP contribution in [-0.2, 0) is 4.79 Å². The molecule has 2 atom stereocenters. The summed E-state index contributed by atoms with van der Waals surface area (Å²) in [5.74, 6) is 1.75. The summed E-state index contributed by atoms with van der Waals surface area (Å²) in [6, 6.07) is 10.8. The molecule has 108 valence electrons. The highest BCUT2D eigenvalue weighted by Crippen LogP contribution is 2.59. The van der Waals surface area contributed by atoms with E-state index in [-0.39, 0.29) is 0 Å². The maximum absolute atomic E-state index is 12.1. The number of hydrogen-bond acceptors (Lipinski definition) is 1. The van der Waals surface area contributed by atoms with Crippen LogP contribution < -0.4 is 0 Å². The van der Waals surface area contributed by atoms with E-state index in [1.165, 1.54) is 24.8 Å². The van der Waals surface area contributed by atoms with Gasteiger partial charge in [-0.25, -0.2) is 0 Å². The standard InChI is InChI=1S/C18H25NO/c1-3-17(20)19(12-14-9-10-14)13-18(2)11-16(18)15-7-5-4-6-8-15/h4-8,14,16H,3,9-13H2,1-2H3. The number of nitrogens with zero attached hydrogens (tertiary/aromatic N) is 1. The normalized spacial score (nSPS) is 28.2. The molecule has 2 fully saturated rings. The van der Waals surface area contributed by atoms with Gasteiger partial charge in [-0.05, 0) is 42.1 Å².